The van der Waals surface area contributed by atoms with Crippen LogP contribution < -0.4 is 4.74 Å². The Hall–Kier alpha value is -1.57. The van der Waals surface area contributed by atoms with E-state index < -0.39 is 0 Å². The van der Waals surface area contributed by atoms with Gasteiger partial charge < -0.3 is 14.1 Å². The summed E-state index contributed by atoms with van der Waals surface area (Å²) >= 11 is 1.63. The van der Waals surface area contributed by atoms with Gasteiger partial charge in [-0.25, -0.2) is 0 Å². The van der Waals surface area contributed by atoms with Gasteiger partial charge in [0, 0.05) is 38.0 Å². The van der Waals surface area contributed by atoms with Gasteiger partial charge in [0.05, 0.1) is 0 Å². The molecule has 0 atom stereocenters. The highest BCUT2D eigenvalue weighted by Crippen LogP contribution is 2.22. The van der Waals surface area contributed by atoms with Crippen LogP contribution in [0.2, 0.25) is 0 Å². The van der Waals surface area contributed by atoms with E-state index in [1.54, 1.807) is 11.8 Å². The number of nitrogens with zero attached hydrogens (tertiary/aromatic N) is 4. The first-order valence-corrected chi connectivity index (χ1v) is 11.1. The predicted octanol–water partition coefficient (Wildman–Crippen LogP) is 3.77. The Kier molecular flexibility index (Phi) is 7.76. The molecule has 2 aromatic rings. The van der Waals surface area contributed by atoms with Crippen molar-refractivity contribution in [3.8, 4) is 5.75 Å². The molecule has 0 radical (unpaired) electrons. The van der Waals surface area contributed by atoms with Gasteiger partial charge in [0.15, 0.2) is 6.61 Å². The largest absolute Gasteiger partial charge is 0.484 e. The number of aromatic nitrogens is 2. The van der Waals surface area contributed by atoms with Gasteiger partial charge in [-0.3, -0.25) is 4.90 Å². The number of hydrogen-bond donors (Lipinski definition) is 0. The van der Waals surface area contributed by atoms with Gasteiger partial charge in [0.25, 0.3) is 11.1 Å². The van der Waals surface area contributed by atoms with E-state index in [2.05, 4.69) is 52.9 Å². The fourth-order valence-corrected chi connectivity index (χ4v) is 4.01. The van der Waals surface area contributed by atoms with Crippen LogP contribution in [0.25, 0.3) is 0 Å². The summed E-state index contributed by atoms with van der Waals surface area (Å²) in [4.78, 5) is 5.10. The minimum Gasteiger partial charge on any atom is -0.484 e. The number of piperazine rings is 1. The van der Waals surface area contributed by atoms with Crippen molar-refractivity contribution in [3.05, 3.63) is 35.2 Å². The van der Waals surface area contributed by atoms with Crippen LogP contribution in [0.1, 0.15) is 37.3 Å². The van der Waals surface area contributed by atoms with Crippen LogP contribution in [0, 0.1) is 13.8 Å². The van der Waals surface area contributed by atoms with E-state index >= 15 is 0 Å². The summed E-state index contributed by atoms with van der Waals surface area (Å²) in [6.45, 7) is 14.8. The Labute approximate surface area is 172 Å². The minimum atomic E-state index is 0.304. The van der Waals surface area contributed by atoms with Crippen molar-refractivity contribution in [1.82, 2.24) is 20.0 Å². The molecular formula is C21H32N4O2S. The van der Waals surface area contributed by atoms with Crippen LogP contribution in [-0.4, -0.2) is 64.5 Å². The summed E-state index contributed by atoms with van der Waals surface area (Å²) in [7, 11) is 0. The van der Waals surface area contributed by atoms with Crippen molar-refractivity contribution < 1.29 is 9.15 Å². The SMILES string of the molecule is Cc1ccc(C)c(OCc2nnc(SCCCN3CCN(C(C)C)CC3)o2)c1. The van der Waals surface area contributed by atoms with Gasteiger partial charge in [-0.2, -0.15) is 0 Å². The summed E-state index contributed by atoms with van der Waals surface area (Å²) < 4.78 is 11.5. The lowest BCUT2D eigenvalue weighted by Gasteiger charge is -2.36. The molecule has 3 rings (SSSR count). The second-order valence-electron chi connectivity index (χ2n) is 7.69. The number of ether oxygens (including phenoxy) is 1. The number of rotatable bonds is 9. The molecule has 28 heavy (non-hydrogen) atoms. The van der Waals surface area contributed by atoms with E-state index in [4.69, 9.17) is 9.15 Å². The first-order valence-electron chi connectivity index (χ1n) is 10.1. The smallest absolute Gasteiger partial charge is 0.276 e. The lowest BCUT2D eigenvalue weighted by Crippen LogP contribution is -2.48. The summed E-state index contributed by atoms with van der Waals surface area (Å²) in [5, 5.41) is 8.86. The van der Waals surface area contributed by atoms with Crippen molar-refractivity contribution in [1.29, 1.82) is 0 Å². The van der Waals surface area contributed by atoms with E-state index in [-0.39, 0.29) is 0 Å². The first-order chi connectivity index (χ1) is 13.5. The molecule has 0 N–H and O–H groups in total. The molecule has 1 aliphatic rings. The molecule has 154 valence electrons. The number of hydrogen-bond acceptors (Lipinski definition) is 7. The molecule has 1 aromatic carbocycles. The van der Waals surface area contributed by atoms with Crippen molar-refractivity contribution >= 4 is 11.8 Å². The van der Waals surface area contributed by atoms with Crippen molar-refractivity contribution in [2.45, 2.75) is 52.0 Å². The highest BCUT2D eigenvalue weighted by atomic mass is 32.2. The molecule has 0 saturated carbocycles. The monoisotopic (exact) mass is 404 g/mol. The lowest BCUT2D eigenvalue weighted by atomic mass is 10.1. The normalized spacial score (nSPS) is 16.0. The number of aryl methyl sites for hydroxylation is 2. The molecular weight excluding hydrogens is 372 g/mol. The molecule has 0 bridgehead atoms. The van der Waals surface area contributed by atoms with E-state index in [1.165, 1.54) is 31.7 Å². The van der Waals surface area contributed by atoms with Gasteiger partial charge in [-0.1, -0.05) is 23.9 Å². The van der Waals surface area contributed by atoms with Gasteiger partial charge in [0.1, 0.15) is 5.75 Å². The Morgan fingerprint density at radius 1 is 1.14 bits per heavy atom. The molecule has 0 spiro atoms. The zero-order valence-corrected chi connectivity index (χ0v) is 18.3. The maximum atomic E-state index is 5.83. The van der Waals surface area contributed by atoms with E-state index in [1.807, 2.05) is 13.0 Å². The minimum absolute atomic E-state index is 0.304. The van der Waals surface area contributed by atoms with Crippen LogP contribution in [0.4, 0.5) is 0 Å². The topological polar surface area (TPSA) is 54.6 Å². The third-order valence-corrected chi connectivity index (χ3v) is 6.03. The Bertz CT molecular complexity index is 742. The molecule has 6 nitrogen and oxygen atoms in total. The first kappa shape index (κ1) is 21.1. The quantitative estimate of drug-likeness (QED) is 0.466. The van der Waals surface area contributed by atoms with Crippen LogP contribution in [0.5, 0.6) is 5.75 Å². The van der Waals surface area contributed by atoms with E-state index in [9.17, 15) is 0 Å². The fraction of sp³-hybridized carbons (Fsp3) is 0.619. The summed E-state index contributed by atoms with van der Waals surface area (Å²) in [5.74, 6) is 2.38. The van der Waals surface area contributed by atoms with E-state index in [0.29, 0.717) is 23.8 Å². The second kappa shape index (κ2) is 10.3. The average molecular weight is 405 g/mol. The fourth-order valence-electron chi connectivity index (χ4n) is 3.31. The molecule has 7 heteroatoms. The van der Waals surface area contributed by atoms with Crippen molar-refractivity contribution in [2.75, 3.05) is 38.5 Å². The second-order valence-corrected chi connectivity index (χ2v) is 8.74. The van der Waals surface area contributed by atoms with E-state index in [0.717, 1.165) is 30.0 Å². The summed E-state index contributed by atoms with van der Waals surface area (Å²) in [6, 6.07) is 6.82. The number of benzene rings is 1. The van der Waals surface area contributed by atoms with Gasteiger partial charge in [-0.15, -0.1) is 10.2 Å². The predicted molar refractivity (Wildman–Crippen MR) is 113 cm³/mol. The van der Waals surface area contributed by atoms with Gasteiger partial charge in [0.2, 0.25) is 0 Å². The van der Waals surface area contributed by atoms with Crippen molar-refractivity contribution in [3.63, 3.8) is 0 Å². The molecule has 1 saturated heterocycles. The standard InChI is InChI=1S/C21H32N4O2S/c1-16(2)25-11-9-24(10-12-25)8-5-13-28-21-23-22-20(27-21)15-26-19-14-17(3)6-7-18(19)4/h6-7,14,16H,5,8-13,15H2,1-4H3. The molecule has 0 aliphatic carbocycles. The van der Waals surface area contributed by atoms with Crippen LogP contribution in [-0.2, 0) is 6.61 Å². The molecule has 0 unspecified atom stereocenters. The van der Waals surface area contributed by atoms with Crippen LogP contribution in [0.3, 0.4) is 0 Å². The third-order valence-electron chi connectivity index (χ3n) is 5.12. The Balaban J connectivity index is 1.34. The molecule has 1 fully saturated rings. The maximum Gasteiger partial charge on any atom is 0.276 e. The van der Waals surface area contributed by atoms with Gasteiger partial charge >= 0.3 is 0 Å². The van der Waals surface area contributed by atoms with Crippen LogP contribution >= 0.6 is 11.8 Å². The average Bonchev–Trinajstić information content (AvgIpc) is 3.14. The molecule has 2 heterocycles. The maximum absolute atomic E-state index is 5.83. The lowest BCUT2D eigenvalue weighted by molar-refractivity contribution is 0.109. The van der Waals surface area contributed by atoms with Crippen molar-refractivity contribution in [2.24, 2.45) is 0 Å². The Morgan fingerprint density at radius 3 is 2.68 bits per heavy atom. The zero-order chi connectivity index (χ0) is 19.9. The Morgan fingerprint density at radius 2 is 1.93 bits per heavy atom. The zero-order valence-electron chi connectivity index (χ0n) is 17.5. The highest BCUT2D eigenvalue weighted by molar-refractivity contribution is 7.99. The third kappa shape index (κ3) is 6.22. The van der Waals surface area contributed by atoms with Crippen LogP contribution in [0.15, 0.2) is 27.8 Å². The highest BCUT2D eigenvalue weighted by Gasteiger charge is 2.18. The van der Waals surface area contributed by atoms with Gasteiger partial charge in [-0.05, 0) is 57.9 Å². The summed E-state index contributed by atoms with van der Waals surface area (Å²) in [6.07, 6.45) is 1.13. The molecule has 0 amide bonds. The summed E-state index contributed by atoms with van der Waals surface area (Å²) in [5.41, 5.74) is 2.28. The molecule has 1 aliphatic heterocycles. The molecule has 1 aromatic heterocycles. The number of thioether (sulfide) groups is 1.